The molecule has 0 aromatic carbocycles. The van der Waals surface area contributed by atoms with Gasteiger partial charge in [-0.2, -0.15) is 0 Å². The van der Waals surface area contributed by atoms with Gasteiger partial charge >= 0.3 is 5.97 Å². The largest absolute Gasteiger partial charge is 0.465 e. The molecule has 7 nitrogen and oxygen atoms in total. The zero-order valence-electron chi connectivity index (χ0n) is 23.9. The third-order valence-electron chi connectivity index (χ3n) is 10.7. The van der Waals surface area contributed by atoms with E-state index in [0.717, 1.165) is 12.0 Å². The van der Waals surface area contributed by atoms with Crippen LogP contribution in [0.1, 0.15) is 75.4 Å². The molecule has 0 amide bonds. The Morgan fingerprint density at radius 2 is 1.79 bits per heavy atom. The van der Waals surface area contributed by atoms with Crippen LogP contribution in [0.5, 0.6) is 0 Å². The van der Waals surface area contributed by atoms with Crippen LogP contribution in [0.2, 0.25) is 0 Å². The molecule has 3 fully saturated rings. The van der Waals surface area contributed by atoms with Crippen LogP contribution in [0, 0.1) is 55.3 Å². The highest BCUT2D eigenvalue weighted by Crippen LogP contribution is 2.72. The standard InChI is InChI=1S/C31H40O7/c1-14-12-30-15(2)10-21-23(28(21,6)7)20(24(30)32)11-19-13-35-29(8,9)38-26(19)31(30,34)25(14)37-27(33)22-16(3)17(4)36-18(22)5/h11-12,15,20-21,23,25-26,34H,10,13H2,1-9H3/t15?,20-,21+,23-,25-,26+,30?,31+/m0/s1. The van der Waals surface area contributed by atoms with Crippen molar-refractivity contribution < 1.29 is 33.3 Å². The van der Waals surface area contributed by atoms with E-state index in [1.807, 2.05) is 46.8 Å². The molecule has 2 bridgehead atoms. The van der Waals surface area contributed by atoms with Crippen LogP contribution in [-0.4, -0.2) is 47.1 Å². The van der Waals surface area contributed by atoms with E-state index in [1.165, 1.54) is 0 Å². The summed E-state index contributed by atoms with van der Waals surface area (Å²) in [6, 6.07) is 0. The van der Waals surface area contributed by atoms with Gasteiger partial charge in [0, 0.05) is 11.5 Å². The Hall–Kier alpha value is -2.22. The summed E-state index contributed by atoms with van der Waals surface area (Å²) in [6.45, 7) is 17.6. The quantitative estimate of drug-likeness (QED) is 0.430. The molecular formula is C31H40O7. The predicted molar refractivity (Wildman–Crippen MR) is 139 cm³/mol. The minimum absolute atomic E-state index is 0.00158. The van der Waals surface area contributed by atoms with Crippen LogP contribution in [0.25, 0.3) is 0 Å². The van der Waals surface area contributed by atoms with E-state index in [4.69, 9.17) is 18.6 Å². The number of fused-ring (bicyclic) bond motifs is 5. The van der Waals surface area contributed by atoms with E-state index in [0.29, 0.717) is 34.1 Å². The minimum Gasteiger partial charge on any atom is -0.465 e. The lowest BCUT2D eigenvalue weighted by Crippen LogP contribution is -2.68. The molecule has 1 saturated heterocycles. The zero-order chi connectivity index (χ0) is 27.7. The van der Waals surface area contributed by atoms with E-state index < -0.39 is 35.0 Å². The molecule has 6 rings (SSSR count). The van der Waals surface area contributed by atoms with Gasteiger partial charge in [-0.25, -0.2) is 4.79 Å². The predicted octanol–water partition coefficient (Wildman–Crippen LogP) is 5.00. The summed E-state index contributed by atoms with van der Waals surface area (Å²) in [7, 11) is 0. The second-order valence-corrected chi connectivity index (χ2v) is 13.5. The third kappa shape index (κ3) is 3.07. The van der Waals surface area contributed by atoms with E-state index in [1.54, 1.807) is 6.92 Å². The van der Waals surface area contributed by atoms with Crippen molar-refractivity contribution >= 4 is 11.8 Å². The van der Waals surface area contributed by atoms with Gasteiger partial charge < -0.3 is 23.7 Å². The van der Waals surface area contributed by atoms with Gasteiger partial charge in [-0.05, 0) is 82.3 Å². The number of furan rings is 1. The van der Waals surface area contributed by atoms with Crippen LogP contribution < -0.4 is 0 Å². The van der Waals surface area contributed by atoms with Gasteiger partial charge in [-0.15, -0.1) is 0 Å². The fraction of sp³-hybridized carbons (Fsp3) is 0.677. The zero-order valence-corrected chi connectivity index (χ0v) is 23.9. The number of esters is 1. The van der Waals surface area contributed by atoms with Gasteiger partial charge in [0.1, 0.15) is 23.2 Å². The van der Waals surface area contributed by atoms with Gasteiger partial charge in [0.05, 0.1) is 12.0 Å². The summed E-state index contributed by atoms with van der Waals surface area (Å²) in [5.74, 6) is -0.419. The van der Waals surface area contributed by atoms with Crippen molar-refractivity contribution in [2.24, 2.45) is 34.5 Å². The average molecular weight is 525 g/mol. The van der Waals surface area contributed by atoms with E-state index in [2.05, 4.69) is 20.8 Å². The molecule has 1 N–H and O–H groups in total. The van der Waals surface area contributed by atoms with Crippen molar-refractivity contribution in [1.82, 2.24) is 0 Å². The Morgan fingerprint density at radius 1 is 1.11 bits per heavy atom. The number of hydrogen-bond acceptors (Lipinski definition) is 7. The van der Waals surface area contributed by atoms with Crippen LogP contribution in [0.15, 0.2) is 27.7 Å². The van der Waals surface area contributed by atoms with Gasteiger partial charge in [0.15, 0.2) is 23.3 Å². The van der Waals surface area contributed by atoms with Crippen LogP contribution >= 0.6 is 0 Å². The molecule has 2 heterocycles. The van der Waals surface area contributed by atoms with Crippen LogP contribution in [-0.2, 0) is 19.0 Å². The molecule has 2 saturated carbocycles. The fourth-order valence-corrected chi connectivity index (χ4v) is 8.56. The van der Waals surface area contributed by atoms with E-state index >= 15 is 0 Å². The lowest BCUT2D eigenvalue weighted by atomic mass is 9.59. The fourth-order valence-electron chi connectivity index (χ4n) is 8.56. The SMILES string of the molecule is CC1=CC23C(=O)[C@@H](C=C4COC(C)(C)O[C@H]4[C@]2(O)[C@H]1OC(=O)c1c(C)oc(C)c1C)[C@H]1[C@@H](CC3C)C1(C)C. The number of carbonyl (C=O) groups is 2. The van der Waals surface area contributed by atoms with Crippen LogP contribution in [0.4, 0.5) is 0 Å². The third-order valence-corrected chi connectivity index (χ3v) is 10.7. The molecule has 0 radical (unpaired) electrons. The molecule has 4 aliphatic carbocycles. The molecule has 1 aromatic rings. The molecule has 8 atom stereocenters. The maximum Gasteiger partial charge on any atom is 0.342 e. The number of aliphatic hydroxyl groups is 1. The van der Waals surface area contributed by atoms with E-state index in [-0.39, 0.29) is 35.6 Å². The first-order valence-electron chi connectivity index (χ1n) is 13.8. The lowest BCUT2D eigenvalue weighted by molar-refractivity contribution is -0.302. The van der Waals surface area contributed by atoms with Gasteiger partial charge in [0.2, 0.25) is 0 Å². The van der Waals surface area contributed by atoms with Crippen molar-refractivity contribution in [3.8, 4) is 0 Å². The topological polar surface area (TPSA) is 95.2 Å². The Bertz CT molecular complexity index is 1310. The smallest absolute Gasteiger partial charge is 0.342 e. The number of aryl methyl sites for hydroxylation is 2. The summed E-state index contributed by atoms with van der Waals surface area (Å²) in [6.07, 6.45) is 2.79. The number of carbonyl (C=O) groups excluding carboxylic acids is 2. The highest BCUT2D eigenvalue weighted by atomic mass is 16.7. The molecule has 206 valence electrons. The Morgan fingerprint density at radius 3 is 2.42 bits per heavy atom. The Kier molecular flexibility index (Phi) is 5.28. The van der Waals surface area contributed by atoms with Gasteiger partial charge in [0.25, 0.3) is 0 Å². The highest BCUT2D eigenvalue weighted by molar-refractivity contribution is 5.96. The first-order valence-corrected chi connectivity index (χ1v) is 13.8. The monoisotopic (exact) mass is 524 g/mol. The van der Waals surface area contributed by atoms with Crippen LogP contribution in [0.3, 0.4) is 0 Å². The molecule has 38 heavy (non-hydrogen) atoms. The van der Waals surface area contributed by atoms with Crippen molar-refractivity contribution in [2.75, 3.05) is 6.61 Å². The molecule has 1 aliphatic heterocycles. The molecule has 1 spiro atoms. The average Bonchev–Trinajstić information content (AvgIpc) is 3.18. The number of allylic oxidation sites excluding steroid dienone is 1. The first kappa shape index (κ1) is 26.0. The van der Waals surface area contributed by atoms with Crippen molar-refractivity contribution in [3.63, 3.8) is 0 Å². The summed E-state index contributed by atoms with van der Waals surface area (Å²) in [5.41, 5.74) is -0.565. The minimum atomic E-state index is -1.83. The maximum atomic E-state index is 14.8. The number of Topliss-reactive ketones (excluding diaryl/α,β-unsaturated/α-hetero) is 1. The second kappa shape index (κ2) is 7.70. The lowest BCUT2D eigenvalue weighted by Gasteiger charge is -2.52. The van der Waals surface area contributed by atoms with Gasteiger partial charge in [-0.3, -0.25) is 4.79 Å². The Labute approximate surface area is 224 Å². The summed E-state index contributed by atoms with van der Waals surface area (Å²) >= 11 is 0. The van der Waals surface area contributed by atoms with Gasteiger partial charge in [-0.1, -0.05) is 32.9 Å². The number of hydrogen-bond donors (Lipinski definition) is 1. The molecule has 7 heteroatoms. The number of ether oxygens (including phenoxy) is 3. The first-order chi connectivity index (χ1) is 17.6. The van der Waals surface area contributed by atoms with Crippen molar-refractivity contribution in [1.29, 1.82) is 0 Å². The molecular weight excluding hydrogens is 484 g/mol. The van der Waals surface area contributed by atoms with Crippen molar-refractivity contribution in [2.45, 2.75) is 92.3 Å². The number of rotatable bonds is 2. The number of ketones is 1. The second-order valence-electron chi connectivity index (χ2n) is 13.5. The Balaban J connectivity index is 1.52. The van der Waals surface area contributed by atoms with E-state index in [9.17, 15) is 14.7 Å². The summed E-state index contributed by atoms with van der Waals surface area (Å²) < 4.78 is 24.4. The van der Waals surface area contributed by atoms with Crippen molar-refractivity contribution in [3.05, 3.63) is 45.9 Å². The molecule has 2 unspecified atom stereocenters. The molecule has 1 aromatic heterocycles. The summed E-state index contributed by atoms with van der Waals surface area (Å²) in [4.78, 5) is 28.4. The highest BCUT2D eigenvalue weighted by Gasteiger charge is 2.77. The maximum absolute atomic E-state index is 14.8. The summed E-state index contributed by atoms with van der Waals surface area (Å²) in [5, 5.41) is 13.1. The molecule has 5 aliphatic rings. The normalized spacial score (nSPS) is 42.1.